The van der Waals surface area contributed by atoms with Crippen molar-refractivity contribution in [2.45, 2.75) is 0 Å². The summed E-state index contributed by atoms with van der Waals surface area (Å²) in [6.45, 7) is 3.28. The molecule has 0 N–H and O–H groups in total. The second kappa shape index (κ2) is 3.81. The van der Waals surface area contributed by atoms with E-state index in [1.54, 1.807) is 0 Å². The number of nitrogens with zero attached hydrogens (tertiary/aromatic N) is 2. The summed E-state index contributed by atoms with van der Waals surface area (Å²) in [5.41, 5.74) is 1.48. The molecule has 5 heteroatoms. The van der Waals surface area contributed by atoms with Gasteiger partial charge in [-0.05, 0) is 0 Å². The fourth-order valence-electron chi connectivity index (χ4n) is 0.961. The Balaban J connectivity index is 3.40. The fourth-order valence-corrected chi connectivity index (χ4v) is 0.961. The van der Waals surface area contributed by atoms with Crippen LogP contribution in [0.5, 0.6) is 5.75 Å². The Bertz CT molecular complexity index is 504. The minimum atomic E-state index is -0.486. The van der Waals surface area contributed by atoms with Crippen molar-refractivity contribution in [3.8, 4) is 5.75 Å². The van der Waals surface area contributed by atoms with E-state index in [4.69, 9.17) is 4.74 Å². The third-order valence-electron chi connectivity index (χ3n) is 1.68. The van der Waals surface area contributed by atoms with E-state index in [2.05, 4.69) is 12.3 Å². The zero-order valence-electron chi connectivity index (χ0n) is 7.98. The van der Waals surface area contributed by atoms with Crippen LogP contribution in [0.3, 0.4) is 0 Å². The van der Waals surface area contributed by atoms with E-state index in [-0.39, 0.29) is 5.75 Å². The van der Waals surface area contributed by atoms with Crippen LogP contribution < -0.4 is 16.0 Å². The molecule has 0 amide bonds. The van der Waals surface area contributed by atoms with E-state index in [0.717, 1.165) is 10.8 Å². The molecule has 0 aliphatic heterocycles. The molecular weight excluding hydrogens is 184 g/mol. The van der Waals surface area contributed by atoms with Crippen molar-refractivity contribution >= 4 is 0 Å². The molecule has 0 fully saturated rings. The van der Waals surface area contributed by atoms with Crippen LogP contribution in [0.25, 0.3) is 0 Å². The molecule has 0 aliphatic rings. The third-order valence-corrected chi connectivity index (χ3v) is 1.68. The van der Waals surface area contributed by atoms with E-state index < -0.39 is 11.2 Å². The fraction of sp³-hybridized carbons (Fsp3) is 0.222. The Morgan fingerprint density at radius 1 is 1.50 bits per heavy atom. The molecule has 74 valence electrons. The van der Waals surface area contributed by atoms with E-state index in [1.165, 1.54) is 24.9 Å². The molecule has 1 aromatic rings. The van der Waals surface area contributed by atoms with Gasteiger partial charge in [-0.3, -0.25) is 13.9 Å². The maximum Gasteiger partial charge on any atom is 0.330 e. The number of hydrogen-bond acceptors (Lipinski definition) is 3. The van der Waals surface area contributed by atoms with E-state index in [0.29, 0.717) is 0 Å². The second-order valence-corrected chi connectivity index (χ2v) is 2.69. The Morgan fingerprint density at radius 3 is 2.71 bits per heavy atom. The topological polar surface area (TPSA) is 53.2 Å². The summed E-state index contributed by atoms with van der Waals surface area (Å²) in [5.74, 6) is 0.0609. The van der Waals surface area contributed by atoms with Crippen LogP contribution in [0.1, 0.15) is 0 Å². The first-order valence-electron chi connectivity index (χ1n) is 3.85. The molecule has 0 saturated heterocycles. The van der Waals surface area contributed by atoms with E-state index in [9.17, 15) is 9.59 Å². The van der Waals surface area contributed by atoms with E-state index >= 15 is 0 Å². The maximum absolute atomic E-state index is 11.4. The quantitative estimate of drug-likeness (QED) is 0.482. The normalized spacial score (nSPS) is 9.29. The second-order valence-electron chi connectivity index (χ2n) is 2.69. The molecule has 5 nitrogen and oxygen atoms in total. The van der Waals surface area contributed by atoms with E-state index in [1.807, 2.05) is 0 Å². The average Bonchev–Trinajstić information content (AvgIpc) is 2.18. The largest absolute Gasteiger partial charge is 0.449 e. The van der Waals surface area contributed by atoms with Crippen molar-refractivity contribution in [1.29, 1.82) is 0 Å². The molecule has 0 unspecified atom stereocenters. The van der Waals surface area contributed by atoms with Gasteiger partial charge in [0.2, 0.25) is 5.75 Å². The molecule has 1 aromatic heterocycles. The molecule has 0 saturated carbocycles. The zero-order chi connectivity index (χ0) is 10.7. The van der Waals surface area contributed by atoms with Gasteiger partial charge in [-0.2, -0.15) is 0 Å². The summed E-state index contributed by atoms with van der Waals surface area (Å²) in [6, 6.07) is 0. The highest BCUT2D eigenvalue weighted by Crippen LogP contribution is 1.98. The maximum atomic E-state index is 11.4. The predicted octanol–water partition coefficient (Wildman–Crippen LogP) is -0.239. The summed E-state index contributed by atoms with van der Waals surface area (Å²) in [6.07, 6.45) is 2.47. The number of ether oxygens (including phenoxy) is 1. The first-order chi connectivity index (χ1) is 6.57. The van der Waals surface area contributed by atoms with Crippen molar-refractivity contribution in [3.05, 3.63) is 45.6 Å². The van der Waals surface area contributed by atoms with Gasteiger partial charge in [0, 0.05) is 14.1 Å². The number of hydrogen-bond donors (Lipinski definition) is 0. The zero-order valence-corrected chi connectivity index (χ0v) is 7.98. The number of aromatic nitrogens is 2. The summed E-state index contributed by atoms with van der Waals surface area (Å²) >= 11 is 0. The molecule has 0 spiro atoms. The Hall–Kier alpha value is -2.00. The summed E-state index contributed by atoms with van der Waals surface area (Å²) in [7, 11) is 2.92. The van der Waals surface area contributed by atoms with Gasteiger partial charge >= 0.3 is 5.69 Å². The molecule has 14 heavy (non-hydrogen) atoms. The van der Waals surface area contributed by atoms with Gasteiger partial charge in [0.25, 0.3) is 5.56 Å². The van der Waals surface area contributed by atoms with Gasteiger partial charge in [-0.25, -0.2) is 4.79 Å². The first-order valence-corrected chi connectivity index (χ1v) is 3.85. The Labute approximate surface area is 80.2 Å². The highest BCUT2D eigenvalue weighted by atomic mass is 16.5. The SMILES string of the molecule is C=C=COc1cn(C)c(=O)n(C)c1=O. The van der Waals surface area contributed by atoms with Gasteiger partial charge < -0.3 is 4.74 Å². The smallest absolute Gasteiger partial charge is 0.330 e. The molecular formula is C9H10N2O3. The molecule has 0 atom stereocenters. The molecule has 0 bridgehead atoms. The first kappa shape index (κ1) is 10.1. The minimum Gasteiger partial charge on any atom is -0.449 e. The molecule has 1 rings (SSSR count). The molecule has 0 radical (unpaired) electrons. The lowest BCUT2D eigenvalue weighted by molar-refractivity contribution is 0.455. The highest BCUT2D eigenvalue weighted by molar-refractivity contribution is 5.14. The predicted molar refractivity (Wildman–Crippen MR) is 51.3 cm³/mol. The van der Waals surface area contributed by atoms with Crippen molar-refractivity contribution in [2.24, 2.45) is 14.1 Å². The lowest BCUT2D eigenvalue weighted by Crippen LogP contribution is -2.36. The van der Waals surface area contributed by atoms with Crippen LogP contribution in [0, 0.1) is 0 Å². The summed E-state index contributed by atoms with van der Waals surface area (Å²) in [4.78, 5) is 22.7. The van der Waals surface area contributed by atoms with Gasteiger partial charge in [0.1, 0.15) is 6.26 Å². The van der Waals surface area contributed by atoms with Crippen LogP contribution in [0.15, 0.2) is 34.4 Å². The average molecular weight is 194 g/mol. The van der Waals surface area contributed by atoms with Crippen LogP contribution in [0.4, 0.5) is 0 Å². The Morgan fingerprint density at radius 2 is 2.14 bits per heavy atom. The van der Waals surface area contributed by atoms with Crippen LogP contribution in [0.2, 0.25) is 0 Å². The number of aryl methyl sites for hydroxylation is 1. The van der Waals surface area contributed by atoms with Crippen molar-refractivity contribution in [3.63, 3.8) is 0 Å². The summed E-state index contributed by atoms with van der Waals surface area (Å²) < 4.78 is 7.13. The van der Waals surface area contributed by atoms with Gasteiger partial charge in [0.05, 0.1) is 6.20 Å². The summed E-state index contributed by atoms with van der Waals surface area (Å²) in [5, 5.41) is 0. The van der Waals surface area contributed by atoms with Crippen molar-refractivity contribution in [1.82, 2.24) is 9.13 Å². The molecule has 1 heterocycles. The monoisotopic (exact) mass is 194 g/mol. The van der Waals surface area contributed by atoms with Crippen LogP contribution in [-0.4, -0.2) is 9.13 Å². The van der Waals surface area contributed by atoms with Crippen molar-refractivity contribution in [2.75, 3.05) is 0 Å². The Kier molecular flexibility index (Phi) is 2.74. The standard InChI is InChI=1S/C9H10N2O3/c1-4-5-14-7-6-10(2)9(13)11(3)8(7)12/h5-6H,1H2,2-3H3. The van der Waals surface area contributed by atoms with Crippen LogP contribution >= 0.6 is 0 Å². The van der Waals surface area contributed by atoms with Crippen molar-refractivity contribution < 1.29 is 4.74 Å². The van der Waals surface area contributed by atoms with Gasteiger partial charge in [-0.15, -0.1) is 0 Å². The minimum absolute atomic E-state index is 0.0609. The van der Waals surface area contributed by atoms with Gasteiger partial charge in [0.15, 0.2) is 0 Å². The molecule has 0 aliphatic carbocycles. The highest BCUT2D eigenvalue weighted by Gasteiger charge is 2.05. The number of rotatable bonds is 2. The van der Waals surface area contributed by atoms with Gasteiger partial charge in [-0.1, -0.05) is 12.3 Å². The lowest BCUT2D eigenvalue weighted by Gasteiger charge is -2.04. The van der Waals surface area contributed by atoms with Crippen LogP contribution in [-0.2, 0) is 14.1 Å². The lowest BCUT2D eigenvalue weighted by atomic mass is 10.5. The third kappa shape index (κ3) is 1.67. The molecule has 0 aromatic carbocycles.